The minimum Gasteiger partial charge on any atom is -0.370 e. The normalized spacial score (nSPS) is 21.5. The molecule has 0 bridgehead atoms. The maximum atomic E-state index is 6.40. The number of nitrogens with two attached hydrogens (primary N) is 1. The lowest BCUT2D eigenvalue weighted by atomic mass is 10.0. The second kappa shape index (κ2) is 6.87. The molecule has 1 aliphatic rings. The smallest absolute Gasteiger partial charge is 0.0459 e. The molecule has 19 heavy (non-hydrogen) atoms. The van der Waals surface area contributed by atoms with Crippen molar-refractivity contribution < 1.29 is 0 Å². The summed E-state index contributed by atoms with van der Waals surface area (Å²) >= 11 is 8.44. The molecule has 0 aromatic heterocycles. The number of benzene rings is 1. The second-order valence-corrected chi connectivity index (χ2v) is 7.23. The first-order valence-electron chi connectivity index (χ1n) is 7.00. The SMILES string of the molecule is CCC(N)Cc1ccc(N2CCSC(C)C2)cc1Cl. The maximum Gasteiger partial charge on any atom is 0.0459 e. The highest BCUT2D eigenvalue weighted by molar-refractivity contribution is 8.00. The van der Waals surface area contributed by atoms with Gasteiger partial charge in [-0.1, -0.05) is 31.5 Å². The first-order valence-corrected chi connectivity index (χ1v) is 8.43. The van der Waals surface area contributed by atoms with Gasteiger partial charge in [-0.05, 0) is 30.5 Å². The van der Waals surface area contributed by atoms with Crippen molar-refractivity contribution >= 4 is 29.1 Å². The molecule has 2 N–H and O–H groups in total. The van der Waals surface area contributed by atoms with Crippen LogP contribution in [0.3, 0.4) is 0 Å². The summed E-state index contributed by atoms with van der Waals surface area (Å²) < 4.78 is 0. The molecule has 1 heterocycles. The van der Waals surface area contributed by atoms with Gasteiger partial charge in [0.15, 0.2) is 0 Å². The molecule has 0 radical (unpaired) electrons. The van der Waals surface area contributed by atoms with E-state index in [0.29, 0.717) is 5.25 Å². The Morgan fingerprint density at radius 1 is 1.53 bits per heavy atom. The van der Waals surface area contributed by atoms with Crippen LogP contribution in [0.5, 0.6) is 0 Å². The topological polar surface area (TPSA) is 29.3 Å². The molecule has 2 atom stereocenters. The molecule has 0 spiro atoms. The Balaban J connectivity index is 2.09. The monoisotopic (exact) mass is 298 g/mol. The van der Waals surface area contributed by atoms with Crippen molar-refractivity contribution in [2.45, 2.75) is 38.0 Å². The van der Waals surface area contributed by atoms with E-state index >= 15 is 0 Å². The molecular formula is C15H23ClN2S. The van der Waals surface area contributed by atoms with Crippen LogP contribution in [-0.2, 0) is 6.42 Å². The zero-order chi connectivity index (χ0) is 13.8. The highest BCUT2D eigenvalue weighted by Crippen LogP contribution is 2.28. The van der Waals surface area contributed by atoms with E-state index in [1.54, 1.807) is 0 Å². The van der Waals surface area contributed by atoms with E-state index in [1.165, 1.54) is 17.0 Å². The minimum absolute atomic E-state index is 0.203. The Morgan fingerprint density at radius 2 is 2.32 bits per heavy atom. The predicted molar refractivity (Wildman–Crippen MR) is 87.6 cm³/mol. The summed E-state index contributed by atoms with van der Waals surface area (Å²) in [5, 5.41) is 1.55. The molecule has 1 aromatic carbocycles. The molecule has 1 fully saturated rings. The Morgan fingerprint density at radius 3 is 2.95 bits per heavy atom. The van der Waals surface area contributed by atoms with Crippen LogP contribution in [0.1, 0.15) is 25.8 Å². The van der Waals surface area contributed by atoms with E-state index < -0.39 is 0 Å². The average molecular weight is 299 g/mol. The number of halogens is 1. The molecule has 1 saturated heterocycles. The molecule has 2 nitrogen and oxygen atoms in total. The van der Waals surface area contributed by atoms with Crippen molar-refractivity contribution in [2.24, 2.45) is 5.73 Å². The summed E-state index contributed by atoms with van der Waals surface area (Å²) in [6.45, 7) is 6.61. The first-order chi connectivity index (χ1) is 9.10. The highest BCUT2D eigenvalue weighted by Gasteiger charge is 2.17. The van der Waals surface area contributed by atoms with Crippen LogP contribution in [0.25, 0.3) is 0 Å². The fraction of sp³-hybridized carbons (Fsp3) is 0.600. The third-order valence-corrected chi connectivity index (χ3v) is 5.14. The van der Waals surface area contributed by atoms with Crippen molar-refractivity contribution in [3.63, 3.8) is 0 Å². The van der Waals surface area contributed by atoms with Gasteiger partial charge in [-0.2, -0.15) is 11.8 Å². The fourth-order valence-electron chi connectivity index (χ4n) is 2.38. The summed E-state index contributed by atoms with van der Waals surface area (Å²) in [5.41, 5.74) is 8.41. The van der Waals surface area contributed by atoms with Gasteiger partial charge in [0.1, 0.15) is 0 Å². The van der Waals surface area contributed by atoms with Gasteiger partial charge < -0.3 is 10.6 Å². The van der Waals surface area contributed by atoms with Gasteiger partial charge in [-0.25, -0.2) is 0 Å². The van der Waals surface area contributed by atoms with Gasteiger partial charge >= 0.3 is 0 Å². The molecule has 4 heteroatoms. The van der Waals surface area contributed by atoms with Gasteiger partial charge in [0.05, 0.1) is 0 Å². The lowest BCUT2D eigenvalue weighted by Crippen LogP contribution is -2.36. The van der Waals surface area contributed by atoms with E-state index in [9.17, 15) is 0 Å². The zero-order valence-electron chi connectivity index (χ0n) is 11.7. The van der Waals surface area contributed by atoms with E-state index in [1.807, 2.05) is 11.8 Å². The van der Waals surface area contributed by atoms with Crippen molar-refractivity contribution in [1.82, 2.24) is 0 Å². The summed E-state index contributed by atoms with van der Waals surface area (Å²) in [4.78, 5) is 2.43. The van der Waals surface area contributed by atoms with Crippen molar-refractivity contribution in [3.8, 4) is 0 Å². The fourth-order valence-corrected chi connectivity index (χ4v) is 3.64. The van der Waals surface area contributed by atoms with Crippen molar-refractivity contribution in [3.05, 3.63) is 28.8 Å². The van der Waals surface area contributed by atoms with Gasteiger partial charge in [-0.15, -0.1) is 0 Å². The number of hydrogen-bond acceptors (Lipinski definition) is 3. The third-order valence-electron chi connectivity index (χ3n) is 3.65. The van der Waals surface area contributed by atoms with E-state index in [4.69, 9.17) is 17.3 Å². The predicted octanol–water partition coefficient (Wildman–Crippen LogP) is 3.56. The van der Waals surface area contributed by atoms with E-state index in [-0.39, 0.29) is 6.04 Å². The maximum absolute atomic E-state index is 6.40. The Bertz CT molecular complexity index is 425. The summed E-state index contributed by atoms with van der Waals surface area (Å²) in [7, 11) is 0. The largest absolute Gasteiger partial charge is 0.370 e. The van der Waals surface area contributed by atoms with Gasteiger partial charge in [0.2, 0.25) is 0 Å². The Kier molecular flexibility index (Phi) is 5.43. The average Bonchev–Trinajstić information content (AvgIpc) is 2.41. The molecule has 1 aliphatic heterocycles. The lowest BCUT2D eigenvalue weighted by Gasteiger charge is -2.32. The number of thioether (sulfide) groups is 1. The molecule has 2 unspecified atom stereocenters. The molecule has 0 saturated carbocycles. The molecule has 1 aromatic rings. The minimum atomic E-state index is 0.203. The second-order valence-electron chi connectivity index (χ2n) is 5.28. The highest BCUT2D eigenvalue weighted by atomic mass is 35.5. The number of nitrogens with zero attached hydrogens (tertiary/aromatic N) is 1. The van der Waals surface area contributed by atoms with Crippen LogP contribution in [-0.4, -0.2) is 30.1 Å². The summed E-state index contributed by atoms with van der Waals surface area (Å²) in [6, 6.07) is 6.63. The van der Waals surface area contributed by atoms with Crippen LogP contribution >= 0.6 is 23.4 Å². The zero-order valence-corrected chi connectivity index (χ0v) is 13.3. The quantitative estimate of drug-likeness (QED) is 0.921. The van der Waals surface area contributed by atoms with Crippen LogP contribution in [0.15, 0.2) is 18.2 Å². The standard InChI is InChI=1S/C15H23ClN2S/c1-3-13(17)8-12-4-5-14(9-15(12)16)18-6-7-19-11(2)10-18/h4-5,9,11,13H,3,6-8,10,17H2,1-2H3. The van der Waals surface area contributed by atoms with Gasteiger partial charge in [-0.3, -0.25) is 0 Å². The van der Waals surface area contributed by atoms with Crippen molar-refractivity contribution in [2.75, 3.05) is 23.7 Å². The lowest BCUT2D eigenvalue weighted by molar-refractivity contribution is 0.646. The van der Waals surface area contributed by atoms with Crippen LogP contribution in [0, 0.1) is 0 Å². The summed E-state index contributed by atoms with van der Waals surface area (Å²) in [5.74, 6) is 1.20. The van der Waals surface area contributed by atoms with Crippen LogP contribution in [0.4, 0.5) is 5.69 Å². The molecule has 2 rings (SSSR count). The number of rotatable bonds is 4. The summed E-state index contributed by atoms with van der Waals surface area (Å²) in [6.07, 6.45) is 1.85. The Hall–Kier alpha value is -0.380. The molecule has 0 aliphatic carbocycles. The van der Waals surface area contributed by atoms with E-state index in [0.717, 1.165) is 31.0 Å². The van der Waals surface area contributed by atoms with Crippen molar-refractivity contribution in [1.29, 1.82) is 0 Å². The van der Waals surface area contributed by atoms with Crippen LogP contribution < -0.4 is 10.6 Å². The number of hydrogen-bond donors (Lipinski definition) is 1. The van der Waals surface area contributed by atoms with Gasteiger partial charge in [0.25, 0.3) is 0 Å². The van der Waals surface area contributed by atoms with E-state index in [2.05, 4.69) is 36.9 Å². The first kappa shape index (κ1) is 15.0. The molecule has 0 amide bonds. The Labute approximate surface area is 125 Å². The molecule has 106 valence electrons. The van der Waals surface area contributed by atoms with Gasteiger partial charge in [0, 0.05) is 40.8 Å². The van der Waals surface area contributed by atoms with Crippen LogP contribution in [0.2, 0.25) is 5.02 Å². The number of anilines is 1. The molecular weight excluding hydrogens is 276 g/mol. The third kappa shape index (κ3) is 4.04.